The maximum Gasteiger partial charge on any atom is 0.336 e. The average Bonchev–Trinajstić information content (AvgIpc) is 0.867. The van der Waals surface area contributed by atoms with Crippen LogP contribution in [0.25, 0.3) is 33.4 Å². The lowest BCUT2D eigenvalue weighted by molar-refractivity contribution is -0.143. The van der Waals surface area contributed by atoms with E-state index in [9.17, 15) is 102 Å². The third kappa shape index (κ3) is 36.2. The van der Waals surface area contributed by atoms with Crippen LogP contribution in [0.2, 0.25) is 0 Å². The Balaban J connectivity index is 1.16. The number of aliphatic hydroxyl groups is 2. The molecule has 1 fully saturated rings. The number of carboxylic acid groups (broad SMARTS) is 1. The van der Waals surface area contributed by atoms with Crippen LogP contribution in [-0.4, -0.2) is 270 Å². The molecule has 44 heteroatoms. The molecule has 15 atom stereocenters. The summed E-state index contributed by atoms with van der Waals surface area (Å²) in [7, 11) is 0. The lowest BCUT2D eigenvalue weighted by atomic mass is 9.90. The number of hydrogen-bond donors (Lipinski definition) is 22. The van der Waals surface area contributed by atoms with Gasteiger partial charge in [0.05, 0.1) is 45.1 Å². The number of primary amides is 2. The molecular weight excluding hydrogens is 1790 g/mol. The summed E-state index contributed by atoms with van der Waals surface area (Å²) in [5.74, 6) is -16.7. The monoisotopic (exact) mass is 1930 g/mol. The van der Waals surface area contributed by atoms with Crippen molar-refractivity contribution in [1.29, 1.82) is 0 Å². The van der Waals surface area contributed by atoms with Gasteiger partial charge in [-0.15, -0.1) is 0 Å². The Morgan fingerprint density at radius 1 is 0.515 bits per heavy atom. The fraction of sp³-hybridized carbons (Fsp3) is 0.609. The smallest absolute Gasteiger partial charge is 0.336 e. The molecule has 15 amide bonds. The number of aromatic hydroxyl groups is 1. The van der Waals surface area contributed by atoms with Gasteiger partial charge in [-0.1, -0.05) is 120 Å². The molecule has 3 aliphatic rings. The SMILES string of the molecule is CCCCC(NC(=O)[C@H](CCCCN)NC(=O)C(CCCC)NC(=O)[C@H](CO)NC(=O)[C@@H](NC(=O)CNC(=O)[C@@H](NC(=O)[C@H](CO)NC(=O)[C@H](CCC(N)=O)NC(=O)[C@@H](NC(=O)[C@@H](NC(=O)[C@H](CCCCN)NC(=O)[C@@H]1CCCN1C(=O)COCCOCCNC(=S)Nc1ccc(-c2c3ccc(=O)cc-3oc3cc(O)ccc23)c(C(=O)O)c1)[C@@H](C)CC)[C@@H](C)CC)C(C)C)[C@@H](C)CC)C(N)=O. The van der Waals surface area contributed by atoms with Gasteiger partial charge in [0.2, 0.25) is 88.6 Å². The van der Waals surface area contributed by atoms with Gasteiger partial charge in [-0.3, -0.25) is 76.7 Å². The summed E-state index contributed by atoms with van der Waals surface area (Å²) in [6.07, 6.45) is 5.08. The van der Waals surface area contributed by atoms with E-state index in [0.717, 1.165) is 0 Å². The van der Waals surface area contributed by atoms with Crippen molar-refractivity contribution in [3.63, 3.8) is 0 Å². The van der Waals surface area contributed by atoms with Crippen LogP contribution in [0.15, 0.2) is 63.8 Å². The Morgan fingerprint density at radius 2 is 0.993 bits per heavy atom. The molecule has 2 aromatic carbocycles. The van der Waals surface area contributed by atoms with Crippen LogP contribution in [0.1, 0.15) is 202 Å². The average molecular weight is 1930 g/mol. The van der Waals surface area contributed by atoms with Crippen molar-refractivity contribution in [2.24, 2.45) is 46.6 Å². The molecule has 0 spiro atoms. The topological polar surface area (TPSA) is 678 Å². The van der Waals surface area contributed by atoms with E-state index >= 15 is 0 Å². The number of nitrogens with one attached hydrogen (secondary N) is 14. The first-order valence-electron chi connectivity index (χ1n) is 46.6. The zero-order valence-corrected chi connectivity index (χ0v) is 80.1. The normalized spacial score (nSPS) is 15.5. The molecule has 26 N–H and O–H groups in total. The van der Waals surface area contributed by atoms with Gasteiger partial charge in [0.1, 0.15) is 96.2 Å². The first kappa shape index (κ1) is 114. The van der Waals surface area contributed by atoms with Crippen molar-refractivity contribution in [2.75, 3.05) is 77.7 Å². The van der Waals surface area contributed by atoms with Crippen LogP contribution >= 0.6 is 12.2 Å². The maximum atomic E-state index is 14.7. The second-order valence-electron chi connectivity index (χ2n) is 34.3. The second kappa shape index (κ2) is 59.0. The molecule has 2 aliphatic heterocycles. The summed E-state index contributed by atoms with van der Waals surface area (Å²) in [6.45, 7) is 14.7. The van der Waals surface area contributed by atoms with E-state index in [1.165, 1.54) is 49.1 Å². The molecule has 2 aromatic rings. The summed E-state index contributed by atoms with van der Waals surface area (Å²) < 4.78 is 17.3. The number of carboxylic acids is 1. The number of carbonyl (C=O) groups is 16. The van der Waals surface area contributed by atoms with Gasteiger partial charge in [-0.2, -0.15) is 0 Å². The third-order valence-corrected chi connectivity index (χ3v) is 23.9. The van der Waals surface area contributed by atoms with E-state index in [-0.39, 0.29) is 118 Å². The van der Waals surface area contributed by atoms with E-state index in [1.54, 1.807) is 65.8 Å². The summed E-state index contributed by atoms with van der Waals surface area (Å²) in [6, 6.07) is -3.35. The molecule has 2 heterocycles. The van der Waals surface area contributed by atoms with Crippen LogP contribution in [0.3, 0.4) is 0 Å². The molecule has 136 heavy (non-hydrogen) atoms. The molecule has 0 radical (unpaired) electrons. The second-order valence-corrected chi connectivity index (χ2v) is 34.8. The van der Waals surface area contributed by atoms with Gasteiger partial charge in [0.25, 0.3) is 0 Å². The number of aromatic carboxylic acids is 1. The van der Waals surface area contributed by atoms with E-state index in [0.29, 0.717) is 98.5 Å². The predicted molar refractivity (Wildman–Crippen MR) is 508 cm³/mol. The summed E-state index contributed by atoms with van der Waals surface area (Å²) in [4.78, 5) is 234. The number of fused-ring (bicyclic) bond motifs is 2. The number of benzene rings is 3. The third-order valence-electron chi connectivity index (χ3n) is 23.6. The summed E-state index contributed by atoms with van der Waals surface area (Å²) in [5.41, 5.74) is 24.1. The number of ether oxygens (including phenoxy) is 2. The van der Waals surface area contributed by atoms with Crippen molar-refractivity contribution < 1.29 is 111 Å². The van der Waals surface area contributed by atoms with Crippen LogP contribution < -0.4 is 103 Å². The highest BCUT2D eigenvalue weighted by Gasteiger charge is 2.41. The Labute approximate surface area is 796 Å². The van der Waals surface area contributed by atoms with Gasteiger partial charge in [0, 0.05) is 53.8 Å². The summed E-state index contributed by atoms with van der Waals surface area (Å²) >= 11 is 5.49. The molecule has 1 saturated heterocycles. The highest BCUT2D eigenvalue weighted by atomic mass is 32.1. The summed E-state index contributed by atoms with van der Waals surface area (Å²) in [5, 5.41) is 79.1. The van der Waals surface area contributed by atoms with Gasteiger partial charge < -0.3 is 137 Å². The van der Waals surface area contributed by atoms with Crippen molar-refractivity contribution in [1.82, 2.24) is 74.0 Å². The Bertz CT molecular complexity index is 4750. The Kier molecular flexibility index (Phi) is 49.7. The van der Waals surface area contributed by atoms with Gasteiger partial charge in [-0.05, 0) is 162 Å². The van der Waals surface area contributed by atoms with Crippen molar-refractivity contribution in [3.05, 3.63) is 70.4 Å². The number of hydrogen-bond acceptors (Lipinski definition) is 26. The molecule has 1 aliphatic carbocycles. The fourth-order valence-electron chi connectivity index (χ4n) is 15.0. The number of nitrogens with zero attached hydrogens (tertiary/aromatic N) is 1. The number of thiocarbonyl (C=S) groups is 1. The highest BCUT2D eigenvalue weighted by molar-refractivity contribution is 7.80. The minimum atomic E-state index is -1.84. The molecule has 2 unspecified atom stereocenters. The van der Waals surface area contributed by atoms with Gasteiger partial charge in [-0.25, -0.2) is 4.79 Å². The Morgan fingerprint density at radius 3 is 1.54 bits per heavy atom. The van der Waals surface area contributed by atoms with Crippen LogP contribution in [0.5, 0.6) is 5.75 Å². The molecule has 5 rings (SSSR count). The number of aliphatic hydroxyl groups excluding tert-OH is 2. The first-order chi connectivity index (χ1) is 64.7. The number of anilines is 1. The van der Waals surface area contributed by atoms with Crippen LogP contribution in [-0.2, 0) is 81.4 Å². The molecule has 0 aromatic heterocycles. The Hall–Kier alpha value is -12.1. The molecule has 754 valence electrons. The molecule has 0 bridgehead atoms. The standard InChI is InChI=1S/C92H141N19O24S/c1-11-16-23-61(79(96)119)100-80(120)63(25-18-20-36-93)101-81(121)62(24-17-12-2)102-84(124)66(47-112)106-88(128)76(51(8)13-3)107-72(117)46-98-87(127)75(50(6)7)108-85(125)67(48-113)105-82(122)65(34-35-71(95)116)104-89(129)77(52(9)14-4)110-90(130)78(53(10)15-5)109-83(123)64(26-19-21-37-94)103-86(126)68-27-22-39-111(68)73(118)49-134-42-41-133-40-38-97-92(136)99-54-28-31-57(60(43-54)91(131)132)74-58-32-29-55(114)44-69(58)135-70-45-56(115)30-33-59(70)74/h28-33,43-45,50-53,61-68,75-78,112-114H,11-27,34-42,46-49,93-94H2,1-10H3,(H2,95,116)(H2,96,119)(H,98,127)(H,100,120)(H,101,121)(H,102,124)(H,103,126)(H,104,129)(H,105,122)(H,106,128)(H,107,117)(H,108,125)(H,109,123)(H,110,130)(H,131,132)(H2,97,99,136)/t51-,52-,53-,61?,62?,63-,64-,65-,66-,67-,68-,75-,76-,77-,78-/m0/s1. The van der Waals surface area contributed by atoms with Crippen molar-refractivity contribution in [3.8, 4) is 28.2 Å². The fourth-order valence-corrected chi connectivity index (χ4v) is 15.2. The zero-order valence-electron chi connectivity index (χ0n) is 79.3. The van der Waals surface area contributed by atoms with E-state index < -0.39 is 230 Å². The quantitative estimate of drug-likeness (QED) is 0.0156. The number of likely N-dealkylation sites (tertiary alicyclic amines) is 1. The highest BCUT2D eigenvalue weighted by Crippen LogP contribution is 2.43. The molecule has 43 nitrogen and oxygen atoms in total. The lowest BCUT2D eigenvalue weighted by Crippen LogP contribution is -2.62. The van der Waals surface area contributed by atoms with Crippen molar-refractivity contribution in [2.45, 2.75) is 264 Å². The van der Waals surface area contributed by atoms with Gasteiger partial charge in [0.15, 0.2) is 10.5 Å². The minimum Gasteiger partial charge on any atom is -0.508 e. The van der Waals surface area contributed by atoms with E-state index in [2.05, 4.69) is 74.4 Å². The van der Waals surface area contributed by atoms with E-state index in [1.807, 2.05) is 13.8 Å². The number of nitrogens with two attached hydrogens (primary N) is 4. The molecule has 0 saturated carbocycles. The maximum absolute atomic E-state index is 14.7. The number of unbranched alkanes of at least 4 members (excludes halogenated alkanes) is 4. The number of amides is 15. The zero-order chi connectivity index (χ0) is 101. The lowest BCUT2D eigenvalue weighted by Gasteiger charge is -2.31. The minimum absolute atomic E-state index is 0.0198. The van der Waals surface area contributed by atoms with Crippen LogP contribution in [0.4, 0.5) is 5.69 Å². The number of rotatable bonds is 62. The van der Waals surface area contributed by atoms with Crippen molar-refractivity contribution >= 4 is 129 Å². The molecular formula is C92H141N19O24S. The number of phenolic OH excluding ortho intramolecular Hbond substituents is 1. The predicted octanol–water partition coefficient (Wildman–Crippen LogP) is -0.104. The first-order valence-corrected chi connectivity index (χ1v) is 47.0. The van der Waals surface area contributed by atoms with Crippen LogP contribution in [0, 0.1) is 23.7 Å². The van der Waals surface area contributed by atoms with E-state index in [4.69, 9.17) is 49.0 Å². The number of phenols is 1. The van der Waals surface area contributed by atoms with Gasteiger partial charge >= 0.3 is 5.97 Å². The largest absolute Gasteiger partial charge is 0.508 e. The number of carbonyl (C=O) groups excluding carboxylic acids is 15.